The first kappa shape index (κ1) is 28.0. The van der Waals surface area contributed by atoms with E-state index in [1.165, 1.54) is 24.3 Å². The molecule has 0 spiro atoms. The number of aliphatic hydroxyl groups is 2. The number of hydrogen-bond acceptors (Lipinski definition) is 8. The van der Waals surface area contributed by atoms with Crippen molar-refractivity contribution in [3.63, 3.8) is 0 Å². The summed E-state index contributed by atoms with van der Waals surface area (Å²) in [6, 6.07) is 12.7. The fraction of sp³-hybridized carbons (Fsp3) is 0.448. The third-order valence-electron chi connectivity index (χ3n) is 8.33. The summed E-state index contributed by atoms with van der Waals surface area (Å²) in [5.41, 5.74) is 5.23. The Morgan fingerprint density at radius 1 is 1.16 bits per heavy atom. The van der Waals surface area contributed by atoms with Crippen LogP contribution in [0.4, 0.5) is 0 Å². The Morgan fingerprint density at radius 2 is 1.79 bits per heavy atom. The summed E-state index contributed by atoms with van der Waals surface area (Å²) < 4.78 is 32.2. The Kier molecular flexibility index (Phi) is 7.58. The highest BCUT2D eigenvalue weighted by atomic mass is 32.2. The summed E-state index contributed by atoms with van der Waals surface area (Å²) in [6.07, 6.45) is 0.820. The molecule has 2 bridgehead atoms. The normalized spacial score (nSPS) is 27.3. The molecule has 4 N–H and O–H groups in total. The lowest BCUT2D eigenvalue weighted by molar-refractivity contribution is -0.146. The predicted octanol–water partition coefficient (Wildman–Crippen LogP) is 3.37. The van der Waals surface area contributed by atoms with E-state index in [4.69, 9.17) is 10.5 Å². The van der Waals surface area contributed by atoms with Crippen LogP contribution in [-0.2, 0) is 19.4 Å². The minimum absolute atomic E-state index is 0.0171. The zero-order valence-corrected chi connectivity index (χ0v) is 23.0. The van der Waals surface area contributed by atoms with Crippen LogP contribution in [0, 0.1) is 17.3 Å². The molecule has 5 atom stereocenters. The molecule has 3 aliphatic rings. The van der Waals surface area contributed by atoms with Crippen molar-refractivity contribution in [2.45, 2.75) is 68.1 Å². The Bertz CT molecular complexity index is 1360. The number of carbonyl (C=O) groups is 1. The first-order valence-corrected chi connectivity index (χ1v) is 14.3. The predicted molar refractivity (Wildman–Crippen MR) is 145 cm³/mol. The molecule has 2 aromatic rings. The molecule has 0 unspecified atom stereocenters. The second-order valence-corrected chi connectivity index (χ2v) is 12.7. The van der Waals surface area contributed by atoms with E-state index in [0.29, 0.717) is 18.1 Å². The van der Waals surface area contributed by atoms with Crippen LogP contribution in [0.15, 0.2) is 75.6 Å². The molecule has 5 rings (SSSR count). The lowest BCUT2D eigenvalue weighted by atomic mass is 9.44. The third kappa shape index (κ3) is 4.67. The fourth-order valence-corrected chi connectivity index (χ4v) is 7.47. The fourth-order valence-electron chi connectivity index (χ4n) is 5.97. The lowest BCUT2D eigenvalue weighted by Crippen LogP contribution is -2.65. The number of nitrogens with two attached hydrogens (primary N) is 1. The summed E-state index contributed by atoms with van der Waals surface area (Å²) in [6.45, 7) is 7.64. The Labute approximate surface area is 224 Å². The SMILES string of the molecule is CCOC(=O)[C@@H](N=C1C[C@@H]2C[C@@H](C2(C)C)[C@]1(C)O)[C@@H](O)/C(=C/N)c1ccccc1S(=O)(=O)c1ccccc1. The Balaban J connectivity index is 1.77. The number of aliphatic imine (C=N–C) groups is 1. The van der Waals surface area contributed by atoms with Gasteiger partial charge in [0.25, 0.3) is 0 Å². The standard InChI is InChI=1S/C29H36N2O6S/c1-5-37-27(33)25(31-24-16-18-15-23(28(18,2)3)29(24,4)34)26(32)21(17-30)20-13-9-10-14-22(20)38(35,36)19-11-7-6-8-12-19/h6-14,17-18,23,25-26,32,34H,5,15-16,30H2,1-4H3/b21-17+,31-24?/t18-,23-,25-,26-,29-/m0/s1. The van der Waals surface area contributed by atoms with Crippen molar-refractivity contribution < 1.29 is 28.2 Å². The number of fused-ring (bicyclic) bond motifs is 2. The molecule has 3 aliphatic carbocycles. The molecule has 9 heteroatoms. The average Bonchev–Trinajstić information content (AvgIpc) is 2.88. The molecule has 3 fully saturated rings. The van der Waals surface area contributed by atoms with Crippen LogP contribution in [0.3, 0.4) is 0 Å². The lowest BCUT2D eigenvalue weighted by Gasteiger charge is -2.62. The Morgan fingerprint density at radius 3 is 2.37 bits per heavy atom. The molecule has 8 nitrogen and oxygen atoms in total. The van der Waals surface area contributed by atoms with E-state index >= 15 is 0 Å². The van der Waals surface area contributed by atoms with Crippen molar-refractivity contribution >= 4 is 27.1 Å². The molecule has 0 heterocycles. The van der Waals surface area contributed by atoms with Gasteiger partial charge in [-0.2, -0.15) is 0 Å². The van der Waals surface area contributed by atoms with Crippen molar-refractivity contribution in [2.75, 3.05) is 6.61 Å². The van der Waals surface area contributed by atoms with Crippen LogP contribution >= 0.6 is 0 Å². The van der Waals surface area contributed by atoms with E-state index in [1.807, 2.05) is 0 Å². The number of hydrogen-bond donors (Lipinski definition) is 3. The topological polar surface area (TPSA) is 139 Å². The van der Waals surface area contributed by atoms with Crippen LogP contribution in [0.1, 0.15) is 46.1 Å². The zero-order chi connectivity index (χ0) is 27.9. The van der Waals surface area contributed by atoms with Gasteiger partial charge in [0.05, 0.1) is 16.4 Å². The number of carbonyl (C=O) groups excluding carboxylic acids is 1. The smallest absolute Gasteiger partial charge is 0.333 e. The molecule has 0 aliphatic heterocycles. The quantitative estimate of drug-likeness (QED) is 0.436. The molecule has 0 radical (unpaired) electrons. The molecule has 204 valence electrons. The molecular weight excluding hydrogens is 504 g/mol. The number of benzene rings is 2. The summed E-state index contributed by atoms with van der Waals surface area (Å²) in [4.78, 5) is 17.7. The van der Waals surface area contributed by atoms with Gasteiger partial charge in [-0.25, -0.2) is 13.2 Å². The maximum atomic E-state index is 13.5. The van der Waals surface area contributed by atoms with E-state index in [2.05, 4.69) is 18.8 Å². The van der Waals surface area contributed by atoms with Crippen molar-refractivity contribution in [1.29, 1.82) is 0 Å². The number of esters is 1. The number of ether oxygens (including phenoxy) is 1. The largest absolute Gasteiger partial charge is 0.464 e. The minimum atomic E-state index is -3.97. The first-order valence-electron chi connectivity index (χ1n) is 12.8. The van der Waals surface area contributed by atoms with Gasteiger partial charge in [-0.1, -0.05) is 50.2 Å². The summed E-state index contributed by atoms with van der Waals surface area (Å²) in [5, 5.41) is 23.0. The van der Waals surface area contributed by atoms with Gasteiger partial charge in [0.15, 0.2) is 6.04 Å². The molecule has 0 amide bonds. The van der Waals surface area contributed by atoms with Gasteiger partial charge in [-0.15, -0.1) is 0 Å². The monoisotopic (exact) mass is 540 g/mol. The molecular formula is C29H36N2O6S. The molecule has 3 saturated carbocycles. The molecule has 38 heavy (non-hydrogen) atoms. The highest BCUT2D eigenvalue weighted by Crippen LogP contribution is 2.61. The van der Waals surface area contributed by atoms with Crippen LogP contribution in [0.2, 0.25) is 0 Å². The van der Waals surface area contributed by atoms with Crippen LogP contribution in [0.5, 0.6) is 0 Å². The van der Waals surface area contributed by atoms with E-state index in [9.17, 15) is 23.4 Å². The summed E-state index contributed by atoms with van der Waals surface area (Å²) >= 11 is 0. The number of nitrogens with zero attached hydrogens (tertiary/aromatic N) is 1. The summed E-state index contributed by atoms with van der Waals surface area (Å²) in [7, 11) is -3.97. The number of aliphatic hydroxyl groups excluding tert-OH is 1. The minimum Gasteiger partial charge on any atom is -0.464 e. The van der Waals surface area contributed by atoms with Gasteiger partial charge < -0.3 is 20.7 Å². The Hall–Kier alpha value is -3.01. The third-order valence-corrected chi connectivity index (χ3v) is 10.2. The van der Waals surface area contributed by atoms with Crippen molar-refractivity contribution in [3.8, 4) is 0 Å². The first-order chi connectivity index (χ1) is 17.9. The molecule has 2 aromatic carbocycles. The second-order valence-electron chi connectivity index (χ2n) is 10.8. The van der Waals surface area contributed by atoms with E-state index < -0.39 is 33.6 Å². The maximum Gasteiger partial charge on any atom is 0.333 e. The zero-order valence-electron chi connectivity index (χ0n) is 22.2. The van der Waals surface area contributed by atoms with Crippen molar-refractivity contribution in [1.82, 2.24) is 0 Å². The maximum absolute atomic E-state index is 13.5. The van der Waals surface area contributed by atoms with Crippen LogP contribution in [0.25, 0.3) is 5.57 Å². The summed E-state index contributed by atoms with van der Waals surface area (Å²) in [5.74, 6) is -0.522. The average molecular weight is 541 g/mol. The van der Waals surface area contributed by atoms with E-state index in [1.54, 1.807) is 44.2 Å². The van der Waals surface area contributed by atoms with Gasteiger partial charge >= 0.3 is 5.97 Å². The second kappa shape index (κ2) is 10.3. The van der Waals surface area contributed by atoms with Crippen LogP contribution < -0.4 is 5.73 Å². The van der Waals surface area contributed by atoms with E-state index in [-0.39, 0.29) is 38.9 Å². The number of rotatable bonds is 8. The highest BCUT2D eigenvalue weighted by molar-refractivity contribution is 7.91. The van der Waals surface area contributed by atoms with E-state index in [0.717, 1.165) is 12.6 Å². The highest BCUT2D eigenvalue weighted by Gasteiger charge is 2.62. The van der Waals surface area contributed by atoms with Crippen molar-refractivity contribution in [2.24, 2.45) is 28.0 Å². The number of sulfone groups is 1. The van der Waals surface area contributed by atoms with Gasteiger partial charge in [0, 0.05) is 23.0 Å². The van der Waals surface area contributed by atoms with Crippen molar-refractivity contribution in [3.05, 3.63) is 66.4 Å². The molecule has 0 saturated heterocycles. The van der Waals surface area contributed by atoms with Crippen LogP contribution in [-0.4, -0.2) is 54.7 Å². The van der Waals surface area contributed by atoms with Gasteiger partial charge in [0.1, 0.15) is 11.7 Å². The molecule has 0 aromatic heterocycles. The van der Waals surface area contributed by atoms with Gasteiger partial charge in [-0.05, 0) is 62.1 Å². The van der Waals surface area contributed by atoms with Gasteiger partial charge in [-0.3, -0.25) is 4.99 Å². The van der Waals surface area contributed by atoms with Gasteiger partial charge in [0.2, 0.25) is 9.84 Å².